The van der Waals surface area contributed by atoms with E-state index in [0.717, 1.165) is 0 Å². The summed E-state index contributed by atoms with van der Waals surface area (Å²) in [4.78, 5) is 17.7. The molecule has 0 N–H and O–H groups in total. The van der Waals surface area contributed by atoms with Gasteiger partial charge in [0.05, 0.1) is 11.5 Å². The molecule has 7 heteroatoms. The van der Waals surface area contributed by atoms with Crippen molar-refractivity contribution in [3.05, 3.63) is 16.6 Å². The van der Waals surface area contributed by atoms with Gasteiger partial charge in [-0.05, 0) is 13.3 Å². The van der Waals surface area contributed by atoms with E-state index in [1.807, 2.05) is 6.92 Å². The molecule has 2 heterocycles. The molecule has 5 nitrogen and oxygen atoms in total. The van der Waals surface area contributed by atoms with Gasteiger partial charge >= 0.3 is 0 Å². The molecule has 1 aliphatic heterocycles. The number of hydrogen-bond donors (Lipinski definition) is 0. The Morgan fingerprint density at radius 1 is 1.65 bits per heavy atom. The van der Waals surface area contributed by atoms with E-state index >= 15 is 0 Å². The average Bonchev–Trinajstić information content (AvgIpc) is 2.88. The Labute approximate surface area is 104 Å². The standard InChI is InChI=1S/C10H14N2O3S2/c1-2-12(8-3-6-17(14,15)7-8)10(13)9-11-4-5-16-9/h4-5,8H,2-3,6-7H2,1H3. The van der Waals surface area contributed by atoms with Gasteiger partial charge in [0, 0.05) is 24.2 Å². The molecule has 1 saturated heterocycles. The largest absolute Gasteiger partial charge is 0.333 e. The van der Waals surface area contributed by atoms with Crippen LogP contribution >= 0.6 is 11.3 Å². The summed E-state index contributed by atoms with van der Waals surface area (Å²) in [7, 11) is -2.96. The second-order valence-corrected chi connectivity index (χ2v) is 7.11. The monoisotopic (exact) mass is 274 g/mol. The summed E-state index contributed by atoms with van der Waals surface area (Å²) in [5, 5.41) is 2.17. The molecule has 0 aromatic carbocycles. The topological polar surface area (TPSA) is 67.3 Å². The molecule has 0 spiro atoms. The fourth-order valence-electron chi connectivity index (χ4n) is 2.04. The maximum absolute atomic E-state index is 12.1. The van der Waals surface area contributed by atoms with Gasteiger partial charge in [0.2, 0.25) is 0 Å². The van der Waals surface area contributed by atoms with E-state index < -0.39 is 9.84 Å². The number of carbonyl (C=O) groups is 1. The fourth-order valence-corrected chi connectivity index (χ4v) is 4.36. The Hall–Kier alpha value is -0.950. The van der Waals surface area contributed by atoms with E-state index in [4.69, 9.17) is 0 Å². The molecule has 1 aromatic rings. The van der Waals surface area contributed by atoms with Gasteiger partial charge in [-0.25, -0.2) is 13.4 Å². The Bertz CT molecular complexity index is 496. The van der Waals surface area contributed by atoms with Crippen molar-refractivity contribution in [2.75, 3.05) is 18.1 Å². The van der Waals surface area contributed by atoms with Gasteiger partial charge in [0.25, 0.3) is 5.91 Å². The lowest BCUT2D eigenvalue weighted by molar-refractivity contribution is 0.0708. The maximum atomic E-state index is 12.1. The summed E-state index contributed by atoms with van der Waals surface area (Å²) in [5.74, 6) is 0.0988. The second kappa shape index (κ2) is 4.73. The van der Waals surface area contributed by atoms with Crippen molar-refractivity contribution in [2.24, 2.45) is 0 Å². The predicted molar refractivity (Wildman–Crippen MR) is 65.9 cm³/mol. The zero-order valence-corrected chi connectivity index (χ0v) is 11.1. The van der Waals surface area contributed by atoms with E-state index in [1.165, 1.54) is 11.3 Å². The van der Waals surface area contributed by atoms with Crippen LogP contribution in [-0.2, 0) is 9.84 Å². The number of hydrogen-bond acceptors (Lipinski definition) is 5. The van der Waals surface area contributed by atoms with Crippen LogP contribution in [0.5, 0.6) is 0 Å². The van der Waals surface area contributed by atoms with E-state index in [1.54, 1.807) is 16.5 Å². The third kappa shape index (κ3) is 2.66. The second-order valence-electron chi connectivity index (χ2n) is 3.99. The van der Waals surface area contributed by atoms with Crippen molar-refractivity contribution in [3.8, 4) is 0 Å². The van der Waals surface area contributed by atoms with Crippen LogP contribution < -0.4 is 0 Å². The lowest BCUT2D eigenvalue weighted by Crippen LogP contribution is -2.40. The highest BCUT2D eigenvalue weighted by atomic mass is 32.2. The van der Waals surface area contributed by atoms with Crippen molar-refractivity contribution in [3.63, 3.8) is 0 Å². The minimum absolute atomic E-state index is 0.0813. The summed E-state index contributed by atoms with van der Waals surface area (Å²) >= 11 is 1.28. The van der Waals surface area contributed by atoms with Crippen LogP contribution in [0.4, 0.5) is 0 Å². The van der Waals surface area contributed by atoms with Crippen molar-refractivity contribution in [1.29, 1.82) is 0 Å². The highest BCUT2D eigenvalue weighted by Crippen LogP contribution is 2.20. The normalized spacial score (nSPS) is 22.5. The quantitative estimate of drug-likeness (QED) is 0.817. The van der Waals surface area contributed by atoms with Gasteiger partial charge in [-0.1, -0.05) is 0 Å². The molecule has 94 valence electrons. The molecule has 0 bridgehead atoms. The van der Waals surface area contributed by atoms with Crippen LogP contribution in [0, 0.1) is 0 Å². The summed E-state index contributed by atoms with van der Waals surface area (Å²) in [6.07, 6.45) is 2.12. The molecule has 0 aliphatic carbocycles. The molecule has 17 heavy (non-hydrogen) atoms. The van der Waals surface area contributed by atoms with Gasteiger partial charge in [-0.15, -0.1) is 11.3 Å². The molecule has 0 saturated carbocycles. The third-order valence-corrected chi connectivity index (χ3v) is 5.38. The Morgan fingerprint density at radius 3 is 2.88 bits per heavy atom. The van der Waals surface area contributed by atoms with Crippen molar-refractivity contribution >= 4 is 27.1 Å². The highest BCUT2D eigenvalue weighted by molar-refractivity contribution is 7.91. The van der Waals surface area contributed by atoms with Gasteiger partial charge in [-0.2, -0.15) is 0 Å². The number of sulfone groups is 1. The fraction of sp³-hybridized carbons (Fsp3) is 0.600. The zero-order valence-electron chi connectivity index (χ0n) is 9.50. The average molecular weight is 274 g/mol. The van der Waals surface area contributed by atoms with Crippen LogP contribution in [0.1, 0.15) is 23.1 Å². The number of aromatic nitrogens is 1. The van der Waals surface area contributed by atoms with Crippen LogP contribution in [0.15, 0.2) is 11.6 Å². The molecule has 1 aromatic heterocycles. The first kappa shape index (κ1) is 12.5. The summed E-state index contributed by atoms with van der Waals surface area (Å²) in [6.45, 7) is 2.37. The van der Waals surface area contributed by atoms with Crippen LogP contribution in [-0.4, -0.2) is 48.3 Å². The highest BCUT2D eigenvalue weighted by Gasteiger charge is 2.34. The zero-order chi connectivity index (χ0) is 12.5. The summed E-state index contributed by atoms with van der Waals surface area (Å²) < 4.78 is 22.8. The molecule has 1 amide bonds. The van der Waals surface area contributed by atoms with E-state index in [2.05, 4.69) is 4.98 Å². The van der Waals surface area contributed by atoms with E-state index in [0.29, 0.717) is 18.0 Å². The molecular formula is C10H14N2O3S2. The molecule has 1 atom stereocenters. The first-order chi connectivity index (χ1) is 8.03. The van der Waals surface area contributed by atoms with Crippen molar-refractivity contribution in [1.82, 2.24) is 9.88 Å². The Kier molecular flexibility index (Phi) is 3.48. The number of thiazole rings is 1. The third-order valence-electron chi connectivity index (χ3n) is 2.87. The van der Waals surface area contributed by atoms with Gasteiger partial charge < -0.3 is 4.90 Å². The van der Waals surface area contributed by atoms with Gasteiger partial charge in [-0.3, -0.25) is 4.79 Å². The summed E-state index contributed by atoms with van der Waals surface area (Å²) in [5.41, 5.74) is 0. The molecule has 0 radical (unpaired) electrons. The van der Waals surface area contributed by atoms with Gasteiger partial charge in [0.15, 0.2) is 14.8 Å². The minimum Gasteiger partial charge on any atom is -0.333 e. The predicted octanol–water partition coefficient (Wildman–Crippen LogP) is 0.792. The smallest absolute Gasteiger partial charge is 0.283 e. The number of amides is 1. The van der Waals surface area contributed by atoms with E-state index in [9.17, 15) is 13.2 Å². The molecule has 1 unspecified atom stereocenters. The molecule has 1 fully saturated rings. The first-order valence-corrected chi connectivity index (χ1v) is 8.14. The minimum atomic E-state index is -2.96. The maximum Gasteiger partial charge on any atom is 0.283 e. The lowest BCUT2D eigenvalue weighted by Gasteiger charge is -2.25. The number of nitrogens with zero attached hydrogens (tertiary/aromatic N) is 2. The van der Waals surface area contributed by atoms with Crippen molar-refractivity contribution < 1.29 is 13.2 Å². The Morgan fingerprint density at radius 2 is 2.41 bits per heavy atom. The van der Waals surface area contributed by atoms with Gasteiger partial charge in [0.1, 0.15) is 0 Å². The SMILES string of the molecule is CCN(C(=O)c1nccs1)C1CCS(=O)(=O)C1. The van der Waals surface area contributed by atoms with E-state index in [-0.39, 0.29) is 23.5 Å². The first-order valence-electron chi connectivity index (χ1n) is 5.44. The number of rotatable bonds is 3. The molecular weight excluding hydrogens is 260 g/mol. The molecule has 2 rings (SSSR count). The van der Waals surface area contributed by atoms with Crippen LogP contribution in [0.25, 0.3) is 0 Å². The van der Waals surface area contributed by atoms with Crippen LogP contribution in [0.2, 0.25) is 0 Å². The summed E-state index contributed by atoms with van der Waals surface area (Å²) in [6, 6.07) is -0.193. The number of carbonyl (C=O) groups excluding carboxylic acids is 1. The van der Waals surface area contributed by atoms with Crippen molar-refractivity contribution in [2.45, 2.75) is 19.4 Å². The molecule has 1 aliphatic rings. The lowest BCUT2D eigenvalue weighted by atomic mass is 10.2. The Balaban J connectivity index is 2.15. The van der Waals surface area contributed by atoms with Crippen LogP contribution in [0.3, 0.4) is 0 Å².